The van der Waals surface area contributed by atoms with Gasteiger partial charge < -0.3 is 17.8 Å². The first-order valence-electron chi connectivity index (χ1n) is 10.2. The van der Waals surface area contributed by atoms with Crippen LogP contribution in [0.3, 0.4) is 0 Å². The molecule has 166 valence electrons. The van der Waals surface area contributed by atoms with E-state index in [2.05, 4.69) is 19.7 Å². The molecule has 0 spiro atoms. The molecule has 33 heavy (non-hydrogen) atoms. The van der Waals surface area contributed by atoms with Crippen LogP contribution in [-0.4, -0.2) is 31.3 Å². The summed E-state index contributed by atoms with van der Waals surface area (Å²) in [6.45, 7) is 4.52. The predicted molar refractivity (Wildman–Crippen MR) is 122 cm³/mol. The molecule has 5 aromatic heterocycles. The fraction of sp³-hybridized carbons (Fsp3) is 0.167. The molecule has 0 N–H and O–H groups in total. The largest absolute Gasteiger partial charge is 0.472 e. The average Bonchev–Trinajstić information content (AvgIpc) is 3.63. The topological polar surface area (TPSA) is 100 Å². The minimum Gasteiger partial charge on any atom is -0.472 e. The Morgan fingerprint density at radius 2 is 1.76 bits per heavy atom. The minimum absolute atomic E-state index is 0.00571. The first kappa shape index (κ1) is 21.0. The summed E-state index contributed by atoms with van der Waals surface area (Å²) >= 11 is 1.25. The van der Waals surface area contributed by atoms with Gasteiger partial charge in [-0.3, -0.25) is 4.79 Å². The highest BCUT2D eigenvalue weighted by molar-refractivity contribution is 7.99. The molecule has 0 aliphatic carbocycles. The molecular weight excluding hydrogens is 440 g/mol. The molecule has 5 rings (SSSR count). The molecule has 5 aromatic rings. The number of hydrogen-bond acceptors (Lipinski definition) is 8. The fourth-order valence-electron chi connectivity index (χ4n) is 3.66. The van der Waals surface area contributed by atoms with Gasteiger partial charge in [-0.2, -0.15) is 0 Å². The molecule has 0 aromatic carbocycles. The van der Waals surface area contributed by atoms with Gasteiger partial charge in [0.1, 0.15) is 17.1 Å². The summed E-state index contributed by atoms with van der Waals surface area (Å²) in [7, 11) is 0. The lowest BCUT2D eigenvalue weighted by molar-refractivity contribution is 0.102. The number of carbonyl (C=O) groups is 1. The van der Waals surface area contributed by atoms with E-state index in [0.29, 0.717) is 28.7 Å². The van der Waals surface area contributed by atoms with E-state index in [1.165, 1.54) is 11.8 Å². The second-order valence-electron chi connectivity index (χ2n) is 7.48. The van der Waals surface area contributed by atoms with E-state index in [9.17, 15) is 4.79 Å². The number of hydrogen-bond donors (Lipinski definition) is 0. The van der Waals surface area contributed by atoms with Crippen molar-refractivity contribution in [3.05, 3.63) is 84.4 Å². The molecule has 0 unspecified atom stereocenters. The number of carbonyl (C=O) groups excluding carboxylic acids is 1. The maximum Gasteiger partial charge on any atom is 0.210 e. The van der Waals surface area contributed by atoms with Crippen molar-refractivity contribution < 1.29 is 18.0 Å². The van der Waals surface area contributed by atoms with Crippen molar-refractivity contribution in [1.29, 1.82) is 0 Å². The van der Waals surface area contributed by atoms with Crippen LogP contribution in [0, 0.1) is 13.8 Å². The number of aromatic nitrogens is 4. The molecule has 0 aliphatic heterocycles. The van der Waals surface area contributed by atoms with Crippen LogP contribution in [0.2, 0.25) is 0 Å². The van der Waals surface area contributed by atoms with E-state index in [0.717, 1.165) is 28.3 Å². The molecule has 9 heteroatoms. The molecule has 0 saturated carbocycles. The zero-order valence-electron chi connectivity index (χ0n) is 18.0. The Balaban J connectivity index is 1.36. The van der Waals surface area contributed by atoms with Gasteiger partial charge >= 0.3 is 0 Å². The number of Topliss-reactive ketones (excluding diaryl/α,β-unsaturated/α-hetero) is 1. The molecular formula is C24H20N4O4S. The summed E-state index contributed by atoms with van der Waals surface area (Å²) in [5, 5.41) is 8.98. The summed E-state index contributed by atoms with van der Waals surface area (Å²) in [6.07, 6.45) is 7.98. The van der Waals surface area contributed by atoms with Crippen molar-refractivity contribution in [2.24, 2.45) is 0 Å². The lowest BCUT2D eigenvalue weighted by atomic mass is 10.1. The van der Waals surface area contributed by atoms with Crippen molar-refractivity contribution in [3.8, 4) is 22.5 Å². The van der Waals surface area contributed by atoms with Gasteiger partial charge in [0.25, 0.3) is 0 Å². The maximum atomic E-state index is 13.0. The zero-order chi connectivity index (χ0) is 22.8. The number of rotatable bonds is 8. The highest BCUT2D eigenvalue weighted by Gasteiger charge is 2.19. The average molecular weight is 461 g/mol. The van der Waals surface area contributed by atoms with Gasteiger partial charge in [0.2, 0.25) is 5.16 Å². The van der Waals surface area contributed by atoms with Crippen LogP contribution < -0.4 is 0 Å². The quantitative estimate of drug-likeness (QED) is 0.223. The van der Waals surface area contributed by atoms with Crippen LogP contribution >= 0.6 is 11.8 Å². The Bertz CT molecular complexity index is 1370. The van der Waals surface area contributed by atoms with Crippen LogP contribution in [0.5, 0.6) is 0 Å². The molecule has 0 fully saturated rings. The van der Waals surface area contributed by atoms with Crippen LogP contribution in [0.4, 0.5) is 0 Å². The zero-order valence-corrected chi connectivity index (χ0v) is 18.8. The third-order valence-corrected chi connectivity index (χ3v) is 6.19. The van der Waals surface area contributed by atoms with Crippen LogP contribution in [0.15, 0.2) is 80.1 Å². The molecule has 0 amide bonds. The summed E-state index contributed by atoms with van der Waals surface area (Å²) in [6, 6.07) is 9.30. The Morgan fingerprint density at radius 1 is 1.00 bits per heavy atom. The van der Waals surface area contributed by atoms with Gasteiger partial charge in [-0.1, -0.05) is 11.8 Å². The molecule has 0 saturated heterocycles. The molecule has 5 heterocycles. The van der Waals surface area contributed by atoms with Crippen molar-refractivity contribution in [2.45, 2.75) is 25.5 Å². The molecule has 0 aliphatic rings. The van der Waals surface area contributed by atoms with Crippen LogP contribution in [-0.2, 0) is 6.54 Å². The highest BCUT2D eigenvalue weighted by atomic mass is 32.2. The van der Waals surface area contributed by atoms with Gasteiger partial charge in [0.15, 0.2) is 5.78 Å². The van der Waals surface area contributed by atoms with Crippen molar-refractivity contribution in [1.82, 2.24) is 19.7 Å². The minimum atomic E-state index is 0.00571. The van der Waals surface area contributed by atoms with Crippen molar-refractivity contribution in [2.75, 3.05) is 5.75 Å². The van der Waals surface area contributed by atoms with Crippen molar-refractivity contribution >= 4 is 17.5 Å². The third-order valence-electron chi connectivity index (χ3n) is 5.36. The van der Waals surface area contributed by atoms with E-state index < -0.39 is 0 Å². The number of nitrogens with zero attached hydrogens (tertiary/aromatic N) is 4. The van der Waals surface area contributed by atoms with Crippen molar-refractivity contribution in [3.63, 3.8) is 0 Å². The lowest BCUT2D eigenvalue weighted by Crippen LogP contribution is -2.08. The van der Waals surface area contributed by atoms with Gasteiger partial charge in [0, 0.05) is 28.1 Å². The molecule has 8 nitrogen and oxygen atoms in total. The van der Waals surface area contributed by atoms with Crippen LogP contribution in [0.1, 0.15) is 27.5 Å². The number of aryl methyl sites for hydroxylation is 1. The molecule has 0 bridgehead atoms. The number of thioether (sulfide) groups is 1. The van der Waals surface area contributed by atoms with E-state index in [4.69, 9.17) is 13.3 Å². The smallest absolute Gasteiger partial charge is 0.210 e. The van der Waals surface area contributed by atoms with E-state index >= 15 is 0 Å². The second-order valence-corrected chi connectivity index (χ2v) is 8.42. The van der Waals surface area contributed by atoms with E-state index in [-0.39, 0.29) is 11.5 Å². The Labute approximate surface area is 193 Å². The Hall–Kier alpha value is -3.85. The monoisotopic (exact) mass is 460 g/mol. The van der Waals surface area contributed by atoms with Gasteiger partial charge in [-0.05, 0) is 44.2 Å². The maximum absolute atomic E-state index is 13.0. The summed E-state index contributed by atoms with van der Waals surface area (Å²) < 4.78 is 17.9. The first-order chi connectivity index (χ1) is 16.1. The fourth-order valence-corrected chi connectivity index (χ4v) is 4.33. The second kappa shape index (κ2) is 8.95. The Kier molecular flexibility index (Phi) is 5.70. The third kappa shape index (κ3) is 4.27. The summed E-state index contributed by atoms with van der Waals surface area (Å²) in [5.41, 5.74) is 5.34. The Morgan fingerprint density at radius 3 is 2.42 bits per heavy atom. The predicted octanol–water partition coefficient (Wildman–Crippen LogP) is 5.43. The van der Waals surface area contributed by atoms with E-state index in [1.54, 1.807) is 43.4 Å². The molecule has 0 atom stereocenters. The van der Waals surface area contributed by atoms with E-state index in [1.807, 2.05) is 32.0 Å². The van der Waals surface area contributed by atoms with Gasteiger partial charge in [0.05, 0.1) is 43.6 Å². The number of furan rings is 3. The summed E-state index contributed by atoms with van der Waals surface area (Å²) in [5.74, 6) is 1.04. The lowest BCUT2D eigenvalue weighted by Gasteiger charge is -2.08. The first-order valence-corrected chi connectivity index (χ1v) is 11.2. The SMILES string of the molecule is Cc1cc(C(=O)CSc2nnc(-c3ccoc3)c(-c3ccoc3)n2)c(C)n1Cc1ccco1. The molecule has 0 radical (unpaired) electrons. The standard InChI is InChI=1S/C24H20N4O4S/c1-15-10-20(16(2)28(15)11-19-4-3-7-32-19)21(29)14-33-24-25-22(17-5-8-30-12-17)23(26-27-24)18-6-9-31-13-18/h3-10,12-13H,11,14H2,1-2H3. The summed E-state index contributed by atoms with van der Waals surface area (Å²) in [4.78, 5) is 17.7. The highest BCUT2D eigenvalue weighted by Crippen LogP contribution is 2.30. The van der Waals surface area contributed by atoms with Gasteiger partial charge in [-0.15, -0.1) is 10.2 Å². The van der Waals surface area contributed by atoms with Crippen LogP contribution in [0.25, 0.3) is 22.5 Å². The number of ketones is 1. The normalized spacial score (nSPS) is 11.2. The van der Waals surface area contributed by atoms with Gasteiger partial charge in [-0.25, -0.2) is 4.98 Å².